The van der Waals surface area contributed by atoms with Gasteiger partial charge in [0.05, 0.1) is 6.10 Å². The molecule has 0 bridgehead atoms. The number of ether oxygens (including phenoxy) is 1. The van der Waals surface area contributed by atoms with Crippen molar-refractivity contribution in [2.45, 2.75) is 160 Å². The van der Waals surface area contributed by atoms with Crippen LogP contribution in [0.5, 0.6) is 0 Å². The first kappa shape index (κ1) is 29.3. The molecule has 29 heavy (non-hydrogen) atoms. The molecule has 0 aromatic heterocycles. The van der Waals surface area contributed by atoms with Gasteiger partial charge >= 0.3 is 0 Å². The molecular weight excluding hydrogens is 376 g/mol. The largest absolute Gasteiger partial charge is 0.380 e. The van der Waals surface area contributed by atoms with Gasteiger partial charge in [0.25, 0.3) is 0 Å². The highest BCUT2D eigenvalue weighted by atomic mass is 32.1. The zero-order valence-corrected chi connectivity index (χ0v) is 20.9. The van der Waals surface area contributed by atoms with E-state index in [1.807, 2.05) is 0 Å². The van der Waals surface area contributed by atoms with Crippen LogP contribution in [0.25, 0.3) is 0 Å². The number of aliphatic hydroxyl groups is 1. The number of unbranched alkanes of at least 4 members (excludes halogenated alkanes) is 18. The van der Waals surface area contributed by atoms with Crippen LogP contribution in [-0.4, -0.2) is 23.3 Å². The number of hydrogen-bond donors (Lipinski definition) is 2. The molecular formula is C26H54O2S. The number of thiol groups is 1. The van der Waals surface area contributed by atoms with Gasteiger partial charge in [-0.05, 0) is 12.8 Å². The third-order valence-corrected chi connectivity index (χ3v) is 6.34. The van der Waals surface area contributed by atoms with Crippen molar-refractivity contribution < 1.29 is 9.84 Å². The Morgan fingerprint density at radius 2 is 0.897 bits per heavy atom. The molecule has 0 aliphatic carbocycles. The van der Waals surface area contributed by atoms with Crippen LogP contribution < -0.4 is 0 Å². The summed E-state index contributed by atoms with van der Waals surface area (Å²) in [7, 11) is 0. The van der Waals surface area contributed by atoms with Crippen LogP contribution in [0.4, 0.5) is 0 Å². The molecule has 0 aromatic carbocycles. The lowest BCUT2D eigenvalue weighted by Gasteiger charge is -2.20. The van der Waals surface area contributed by atoms with E-state index in [1.165, 1.54) is 116 Å². The molecule has 0 radical (unpaired) electrons. The fraction of sp³-hybridized carbons (Fsp3) is 1.00. The summed E-state index contributed by atoms with van der Waals surface area (Å²) in [5.41, 5.74) is -0.642. The van der Waals surface area contributed by atoms with E-state index in [2.05, 4.69) is 26.5 Å². The average Bonchev–Trinajstić information content (AvgIpc) is 2.71. The lowest BCUT2D eigenvalue weighted by molar-refractivity contribution is -0.00796. The van der Waals surface area contributed by atoms with Crippen molar-refractivity contribution in [1.29, 1.82) is 0 Å². The van der Waals surface area contributed by atoms with Crippen LogP contribution in [0.1, 0.15) is 149 Å². The molecule has 0 heterocycles. The fourth-order valence-electron chi connectivity index (χ4n) is 3.98. The van der Waals surface area contributed by atoms with Gasteiger partial charge < -0.3 is 9.84 Å². The highest BCUT2D eigenvalue weighted by molar-refractivity contribution is 7.80. The lowest BCUT2D eigenvalue weighted by atomic mass is 10.0. The average molecular weight is 431 g/mol. The van der Waals surface area contributed by atoms with Gasteiger partial charge in [0.2, 0.25) is 0 Å². The van der Waals surface area contributed by atoms with E-state index in [1.54, 1.807) is 0 Å². The predicted molar refractivity (Wildman–Crippen MR) is 133 cm³/mol. The second-order valence-corrected chi connectivity index (χ2v) is 9.50. The first-order chi connectivity index (χ1) is 14.2. The molecule has 2 unspecified atom stereocenters. The van der Waals surface area contributed by atoms with Crippen molar-refractivity contribution in [3.8, 4) is 0 Å². The van der Waals surface area contributed by atoms with Gasteiger partial charge in [-0.15, -0.1) is 12.6 Å². The monoisotopic (exact) mass is 430 g/mol. The Labute approximate surface area is 189 Å². The maximum Gasteiger partial charge on any atom is 0.123 e. The summed E-state index contributed by atoms with van der Waals surface area (Å²) in [4.78, 5) is 0. The van der Waals surface area contributed by atoms with Crippen LogP contribution >= 0.6 is 12.6 Å². The van der Waals surface area contributed by atoms with Gasteiger partial charge in [-0.25, -0.2) is 0 Å². The summed E-state index contributed by atoms with van der Waals surface area (Å²) in [6, 6.07) is 0. The molecule has 0 aliphatic rings. The van der Waals surface area contributed by atoms with Crippen molar-refractivity contribution in [1.82, 2.24) is 0 Å². The Balaban J connectivity index is 3.42. The van der Waals surface area contributed by atoms with Gasteiger partial charge in [0, 0.05) is 6.61 Å². The minimum atomic E-state index is -0.642. The molecule has 0 amide bonds. The van der Waals surface area contributed by atoms with Gasteiger partial charge in [0.1, 0.15) is 5.44 Å². The Kier molecular flexibility index (Phi) is 24.8. The van der Waals surface area contributed by atoms with E-state index in [0.29, 0.717) is 0 Å². The summed E-state index contributed by atoms with van der Waals surface area (Å²) in [6.45, 7) is 5.32. The predicted octanol–water partition coefficient (Wildman–Crippen LogP) is 8.85. The minimum Gasteiger partial charge on any atom is -0.380 e. The molecule has 2 nitrogen and oxygen atoms in total. The maximum absolute atomic E-state index is 9.85. The van der Waals surface area contributed by atoms with Crippen LogP contribution in [0.3, 0.4) is 0 Å². The van der Waals surface area contributed by atoms with E-state index in [9.17, 15) is 5.11 Å². The molecule has 0 spiro atoms. The third-order valence-electron chi connectivity index (χ3n) is 6.00. The zero-order chi connectivity index (χ0) is 21.4. The third kappa shape index (κ3) is 22.8. The molecule has 2 atom stereocenters. The van der Waals surface area contributed by atoms with Gasteiger partial charge in [-0.2, -0.15) is 0 Å². The zero-order valence-electron chi connectivity index (χ0n) is 20.0. The molecule has 176 valence electrons. The van der Waals surface area contributed by atoms with Crippen molar-refractivity contribution >= 4 is 12.6 Å². The fourth-order valence-corrected chi connectivity index (χ4v) is 4.21. The Morgan fingerprint density at radius 3 is 1.28 bits per heavy atom. The van der Waals surface area contributed by atoms with Crippen molar-refractivity contribution in [3.63, 3.8) is 0 Å². The van der Waals surface area contributed by atoms with E-state index < -0.39 is 5.44 Å². The molecule has 3 heteroatoms. The normalized spacial score (nSPS) is 13.7. The van der Waals surface area contributed by atoms with Gasteiger partial charge in [-0.1, -0.05) is 136 Å². The first-order valence-electron chi connectivity index (χ1n) is 13.2. The Morgan fingerprint density at radius 1 is 0.552 bits per heavy atom. The SMILES string of the molecule is CCCCCCCCCCCCCCC(OCCCCCCCCCC)C(O)S. The lowest BCUT2D eigenvalue weighted by Crippen LogP contribution is -2.25. The summed E-state index contributed by atoms with van der Waals surface area (Å²) in [5, 5.41) is 9.85. The standard InChI is InChI=1S/C26H54O2S/c1-3-5-7-9-11-13-14-15-16-17-19-21-23-25(26(27)29)28-24-22-20-18-12-10-8-6-4-2/h25-27,29H,3-24H2,1-2H3. The molecule has 0 rings (SSSR count). The summed E-state index contributed by atoms with van der Waals surface area (Å²) in [6.07, 6.45) is 27.7. The van der Waals surface area contributed by atoms with Crippen molar-refractivity contribution in [2.75, 3.05) is 6.61 Å². The molecule has 0 aliphatic heterocycles. The van der Waals surface area contributed by atoms with Crippen molar-refractivity contribution in [3.05, 3.63) is 0 Å². The van der Waals surface area contributed by atoms with Crippen molar-refractivity contribution in [2.24, 2.45) is 0 Å². The maximum atomic E-state index is 9.85. The first-order valence-corrected chi connectivity index (χ1v) is 13.7. The van der Waals surface area contributed by atoms with Crippen LogP contribution in [0.2, 0.25) is 0 Å². The van der Waals surface area contributed by atoms with Crippen LogP contribution in [0.15, 0.2) is 0 Å². The van der Waals surface area contributed by atoms with E-state index >= 15 is 0 Å². The number of hydrogen-bond acceptors (Lipinski definition) is 3. The Bertz CT molecular complexity index is 296. The highest BCUT2D eigenvalue weighted by Crippen LogP contribution is 2.17. The number of aliphatic hydroxyl groups excluding tert-OH is 1. The topological polar surface area (TPSA) is 29.5 Å². The second-order valence-electron chi connectivity index (χ2n) is 8.98. The molecule has 0 aromatic rings. The highest BCUT2D eigenvalue weighted by Gasteiger charge is 2.15. The summed E-state index contributed by atoms with van der Waals surface area (Å²) < 4.78 is 5.92. The minimum absolute atomic E-state index is 0.0917. The number of rotatable bonds is 24. The summed E-state index contributed by atoms with van der Waals surface area (Å²) in [5.74, 6) is 0. The van der Waals surface area contributed by atoms with Gasteiger partial charge in [0.15, 0.2) is 0 Å². The Hall–Kier alpha value is 0.270. The summed E-state index contributed by atoms with van der Waals surface area (Å²) >= 11 is 4.23. The molecule has 1 N–H and O–H groups in total. The van der Waals surface area contributed by atoms with Crippen LogP contribution in [-0.2, 0) is 4.74 Å². The van der Waals surface area contributed by atoms with Crippen LogP contribution in [0, 0.1) is 0 Å². The van der Waals surface area contributed by atoms with E-state index in [-0.39, 0.29) is 6.10 Å². The molecule has 0 saturated heterocycles. The van der Waals surface area contributed by atoms with E-state index in [4.69, 9.17) is 4.74 Å². The molecule has 0 fully saturated rings. The smallest absolute Gasteiger partial charge is 0.123 e. The van der Waals surface area contributed by atoms with Gasteiger partial charge in [-0.3, -0.25) is 0 Å². The molecule has 0 saturated carbocycles. The van der Waals surface area contributed by atoms with E-state index in [0.717, 1.165) is 25.9 Å². The quantitative estimate of drug-likeness (QED) is 0.0909. The second kappa shape index (κ2) is 24.5.